The number of anilines is 1. The molecule has 13 heteroatoms. The normalized spacial score (nSPS) is 18.4. The van der Waals surface area contributed by atoms with Crippen LogP contribution in [-0.2, 0) is 23.1 Å². The number of pyridine rings is 1. The Kier molecular flexibility index (Phi) is 7.04. The second-order valence-corrected chi connectivity index (χ2v) is 11.7. The molecule has 1 N–H and O–H groups in total. The zero-order valence-corrected chi connectivity index (χ0v) is 22.6. The molecule has 0 saturated heterocycles. The van der Waals surface area contributed by atoms with E-state index in [4.69, 9.17) is 9.84 Å². The average molecular weight is 563 g/mol. The van der Waals surface area contributed by atoms with E-state index in [-0.39, 0.29) is 22.8 Å². The summed E-state index contributed by atoms with van der Waals surface area (Å²) in [5, 5.41) is 12.7. The molecule has 3 heterocycles. The molecule has 0 aliphatic heterocycles. The Morgan fingerprint density at radius 2 is 1.79 bits per heavy atom. The maximum absolute atomic E-state index is 13.4. The van der Waals surface area contributed by atoms with Crippen LogP contribution in [0.15, 0.2) is 47.6 Å². The van der Waals surface area contributed by atoms with Crippen LogP contribution in [0.5, 0.6) is 5.75 Å². The minimum Gasteiger partial charge on any atom is -0.486 e. The number of hydrogen-bond donors (Lipinski definition) is 1. The number of benzene rings is 1. The summed E-state index contributed by atoms with van der Waals surface area (Å²) in [6.07, 6.45) is 1.55. The fourth-order valence-corrected chi connectivity index (χ4v) is 5.71. The lowest BCUT2D eigenvalue weighted by molar-refractivity contribution is -0.145. The molecule has 0 unspecified atom stereocenters. The van der Waals surface area contributed by atoms with Gasteiger partial charge in [0, 0.05) is 43.1 Å². The van der Waals surface area contributed by atoms with Crippen LogP contribution in [0.1, 0.15) is 44.3 Å². The first-order chi connectivity index (χ1) is 18.5. The monoisotopic (exact) mass is 562 g/mol. The molecule has 0 bridgehead atoms. The summed E-state index contributed by atoms with van der Waals surface area (Å²) in [5.74, 6) is 0.456. The first-order valence-electron chi connectivity index (χ1n) is 12.6. The zero-order chi connectivity index (χ0) is 27.9. The van der Waals surface area contributed by atoms with Crippen molar-refractivity contribution in [1.29, 1.82) is 0 Å². The third-order valence-corrected chi connectivity index (χ3v) is 8.09. The second-order valence-electron chi connectivity index (χ2n) is 9.73. The third-order valence-electron chi connectivity index (χ3n) is 6.96. The van der Waals surface area contributed by atoms with Crippen molar-refractivity contribution in [3.63, 3.8) is 0 Å². The van der Waals surface area contributed by atoms with Crippen LogP contribution >= 0.6 is 0 Å². The van der Waals surface area contributed by atoms with Gasteiger partial charge in [0.25, 0.3) is 0 Å². The first kappa shape index (κ1) is 27.0. The van der Waals surface area contributed by atoms with Gasteiger partial charge in [-0.05, 0) is 44.7 Å². The Bertz CT molecular complexity index is 1590. The minimum atomic E-state index is -4.56. The smallest absolute Gasteiger partial charge is 0.436 e. The van der Waals surface area contributed by atoms with Gasteiger partial charge < -0.3 is 10.1 Å². The van der Waals surface area contributed by atoms with Gasteiger partial charge in [0.2, 0.25) is 0 Å². The predicted molar refractivity (Wildman–Crippen MR) is 140 cm³/mol. The lowest BCUT2D eigenvalue weighted by atomic mass is 9.93. The number of sulfone groups is 1. The highest BCUT2D eigenvalue weighted by Gasteiger charge is 2.39. The second kappa shape index (κ2) is 10.2. The van der Waals surface area contributed by atoms with Gasteiger partial charge in [-0.3, -0.25) is 9.36 Å². The van der Waals surface area contributed by atoms with E-state index in [0.717, 1.165) is 33.6 Å². The molecule has 1 aliphatic rings. The van der Waals surface area contributed by atoms with Crippen molar-refractivity contribution in [2.75, 3.05) is 18.1 Å². The van der Waals surface area contributed by atoms with Gasteiger partial charge in [0.15, 0.2) is 21.3 Å². The lowest BCUT2D eigenvalue weighted by Crippen LogP contribution is -2.27. The highest BCUT2D eigenvalue weighted by atomic mass is 32.2. The molecular formula is C26H29F3N6O3S. The van der Waals surface area contributed by atoms with Gasteiger partial charge >= 0.3 is 6.18 Å². The van der Waals surface area contributed by atoms with Crippen LogP contribution in [0, 0.1) is 0 Å². The maximum Gasteiger partial charge on any atom is 0.436 e. The molecule has 1 aliphatic carbocycles. The van der Waals surface area contributed by atoms with Gasteiger partial charge in [0.05, 0.1) is 28.8 Å². The van der Waals surface area contributed by atoms with Gasteiger partial charge in [-0.25, -0.2) is 13.4 Å². The predicted octanol–water partition coefficient (Wildman–Crippen LogP) is 5.25. The summed E-state index contributed by atoms with van der Waals surface area (Å²) in [5.41, 5.74) is 1.43. The number of aromatic nitrogens is 5. The Morgan fingerprint density at radius 1 is 1.10 bits per heavy atom. The molecule has 1 fully saturated rings. The molecule has 0 amide bonds. The van der Waals surface area contributed by atoms with Crippen LogP contribution in [0.2, 0.25) is 0 Å². The van der Waals surface area contributed by atoms with E-state index in [1.54, 1.807) is 30.5 Å². The van der Waals surface area contributed by atoms with Crippen molar-refractivity contribution in [2.24, 2.45) is 7.05 Å². The zero-order valence-electron chi connectivity index (χ0n) is 21.7. The lowest BCUT2D eigenvalue weighted by Gasteiger charge is -2.29. The summed E-state index contributed by atoms with van der Waals surface area (Å²) in [6, 6.07) is 8.53. The topological polar surface area (TPSA) is 104 Å². The summed E-state index contributed by atoms with van der Waals surface area (Å²) in [7, 11) is -2.08. The summed E-state index contributed by atoms with van der Waals surface area (Å²) in [4.78, 5) is 4.73. The van der Waals surface area contributed by atoms with Gasteiger partial charge in [-0.15, -0.1) is 0 Å². The average Bonchev–Trinajstić information content (AvgIpc) is 3.44. The molecule has 0 radical (unpaired) electrons. The van der Waals surface area contributed by atoms with Crippen LogP contribution < -0.4 is 10.1 Å². The maximum atomic E-state index is 13.4. The van der Waals surface area contributed by atoms with E-state index in [9.17, 15) is 21.6 Å². The molecule has 4 aromatic rings. The van der Waals surface area contributed by atoms with Crippen molar-refractivity contribution in [1.82, 2.24) is 24.5 Å². The number of rotatable bonds is 7. The molecule has 0 atom stereocenters. The molecule has 39 heavy (non-hydrogen) atoms. The highest BCUT2D eigenvalue weighted by Crippen LogP contribution is 2.39. The van der Waals surface area contributed by atoms with E-state index in [1.807, 2.05) is 17.7 Å². The van der Waals surface area contributed by atoms with Crippen LogP contribution in [0.4, 0.5) is 19.0 Å². The molecule has 0 spiro atoms. The number of hydrogen-bond acceptors (Lipinski definition) is 7. The van der Waals surface area contributed by atoms with Crippen molar-refractivity contribution in [3.05, 3.63) is 48.4 Å². The molecular weight excluding hydrogens is 533 g/mol. The minimum absolute atomic E-state index is 0.00394. The number of aryl methyl sites for hydroxylation is 1. The Labute approximate surface area is 223 Å². The number of nitrogens with zero attached hydrogens (tertiary/aromatic N) is 5. The fourth-order valence-electron chi connectivity index (χ4n) is 5.08. The molecule has 9 nitrogen and oxygen atoms in total. The number of nitrogens with one attached hydrogen (secondary N) is 1. The highest BCUT2D eigenvalue weighted by molar-refractivity contribution is 7.90. The Hall–Kier alpha value is -3.61. The number of halogens is 3. The Balaban J connectivity index is 1.42. The summed E-state index contributed by atoms with van der Waals surface area (Å²) in [6.45, 7) is 2.68. The molecule has 1 saturated carbocycles. The first-order valence-corrected chi connectivity index (χ1v) is 14.5. The van der Waals surface area contributed by atoms with E-state index >= 15 is 0 Å². The number of fused-ring (bicyclic) bond motifs is 1. The van der Waals surface area contributed by atoms with Gasteiger partial charge in [-0.2, -0.15) is 23.4 Å². The van der Waals surface area contributed by atoms with Gasteiger partial charge in [-0.1, -0.05) is 12.1 Å². The molecule has 3 aromatic heterocycles. The van der Waals surface area contributed by atoms with E-state index < -0.39 is 21.7 Å². The number of ether oxygens (including phenoxy) is 1. The summed E-state index contributed by atoms with van der Waals surface area (Å²) < 4.78 is 72.7. The molecule has 5 rings (SSSR count). The third kappa shape index (κ3) is 5.45. The SMILES string of the molecule is CCNc1cc2c(cn1)c(-c1ccc(S(C)(=O)=O)cc1)nn2C1CCC(Oc2cnn(C)c2C(F)(F)F)CC1. The molecule has 208 valence electrons. The summed E-state index contributed by atoms with van der Waals surface area (Å²) >= 11 is 0. The van der Waals surface area contributed by atoms with Crippen molar-refractivity contribution < 1.29 is 26.3 Å². The van der Waals surface area contributed by atoms with Crippen molar-refractivity contribution >= 4 is 26.6 Å². The largest absolute Gasteiger partial charge is 0.486 e. The van der Waals surface area contributed by atoms with Crippen molar-refractivity contribution in [3.8, 4) is 17.0 Å². The molecule has 1 aromatic carbocycles. The van der Waals surface area contributed by atoms with E-state index in [0.29, 0.717) is 43.7 Å². The van der Waals surface area contributed by atoms with Crippen LogP contribution in [0.25, 0.3) is 22.2 Å². The Morgan fingerprint density at radius 3 is 2.41 bits per heavy atom. The van der Waals surface area contributed by atoms with Crippen molar-refractivity contribution in [2.45, 2.75) is 55.8 Å². The fraction of sp³-hybridized carbons (Fsp3) is 0.423. The van der Waals surface area contributed by atoms with E-state index in [2.05, 4.69) is 15.4 Å². The van der Waals surface area contributed by atoms with Crippen LogP contribution in [-0.4, -0.2) is 51.9 Å². The number of alkyl halides is 3. The van der Waals surface area contributed by atoms with Gasteiger partial charge in [0.1, 0.15) is 11.5 Å². The van der Waals surface area contributed by atoms with E-state index in [1.165, 1.54) is 7.05 Å². The van der Waals surface area contributed by atoms with Crippen LogP contribution in [0.3, 0.4) is 0 Å². The standard InChI is InChI=1S/C26H29F3N6O3S/c1-4-30-23-13-21-20(14-31-23)24(16-5-11-19(12-6-16)39(3,36)37)33-35(21)17-7-9-18(10-8-17)38-22-15-32-34(2)25(22)26(27,28)29/h5-6,11-15,17-18H,4,7-10H2,1-3H3,(H,30,31). The quantitative estimate of drug-likeness (QED) is 0.328.